The third kappa shape index (κ3) is 6.04. The summed E-state index contributed by atoms with van der Waals surface area (Å²) >= 11 is 0. The van der Waals surface area contributed by atoms with Gasteiger partial charge in [0.1, 0.15) is 6.04 Å². The van der Waals surface area contributed by atoms with Crippen LogP contribution in [0.5, 0.6) is 5.88 Å². The number of halogens is 3. The number of nitrogens with one attached hydrogen (secondary N) is 1. The van der Waals surface area contributed by atoms with Gasteiger partial charge in [0.05, 0.1) is 18.8 Å². The van der Waals surface area contributed by atoms with E-state index < -0.39 is 24.3 Å². The van der Waals surface area contributed by atoms with Gasteiger partial charge in [-0.1, -0.05) is 18.2 Å². The van der Waals surface area contributed by atoms with E-state index in [2.05, 4.69) is 21.2 Å². The van der Waals surface area contributed by atoms with E-state index in [9.17, 15) is 18.0 Å². The molecular formula is C25H28F3N5O2. The number of aromatic nitrogens is 3. The molecule has 0 fully saturated rings. The summed E-state index contributed by atoms with van der Waals surface area (Å²) in [6.45, 7) is 3.72. The van der Waals surface area contributed by atoms with Crippen LogP contribution in [-0.2, 0) is 0 Å². The van der Waals surface area contributed by atoms with Crippen LogP contribution in [0.1, 0.15) is 44.7 Å². The number of urea groups is 1. The second-order valence-electron chi connectivity index (χ2n) is 8.02. The van der Waals surface area contributed by atoms with Crippen LogP contribution in [0, 0.1) is 12.3 Å². The number of nitrogens with zero attached hydrogens (tertiary/aromatic N) is 4. The molecule has 0 bridgehead atoms. The quantitative estimate of drug-likeness (QED) is 0.331. The summed E-state index contributed by atoms with van der Waals surface area (Å²) in [5.74, 6) is 2.69. The maximum Gasteiger partial charge on any atom is 0.408 e. The molecule has 2 aromatic heterocycles. The Morgan fingerprint density at radius 1 is 1.37 bits per heavy atom. The lowest BCUT2D eigenvalue weighted by molar-refractivity contribution is -0.155. The van der Waals surface area contributed by atoms with Crippen molar-refractivity contribution < 1.29 is 22.7 Å². The molecule has 2 heterocycles. The zero-order valence-electron chi connectivity index (χ0n) is 19.8. The number of amides is 2. The molecule has 0 aliphatic rings. The Bertz CT molecular complexity index is 1200. The van der Waals surface area contributed by atoms with Gasteiger partial charge in [-0.05, 0) is 38.3 Å². The number of imidazole rings is 1. The van der Waals surface area contributed by atoms with Gasteiger partial charge in [0, 0.05) is 37.1 Å². The number of carbonyl (C=O) groups excluding carboxylic acids is 1. The summed E-state index contributed by atoms with van der Waals surface area (Å²) in [5, 5.41) is 2.15. The minimum absolute atomic E-state index is 0.169. The molecule has 186 valence electrons. The normalized spacial score (nSPS) is 13.2. The average Bonchev–Trinajstić information content (AvgIpc) is 3.31. The third-order valence-corrected chi connectivity index (χ3v) is 5.78. The van der Waals surface area contributed by atoms with Gasteiger partial charge >= 0.3 is 12.2 Å². The van der Waals surface area contributed by atoms with Crippen LogP contribution in [0.2, 0.25) is 0 Å². The first-order valence-corrected chi connectivity index (χ1v) is 11.2. The molecule has 1 unspecified atom stereocenters. The molecule has 0 aliphatic heterocycles. The zero-order valence-corrected chi connectivity index (χ0v) is 19.8. The van der Waals surface area contributed by atoms with Crippen molar-refractivity contribution in [3.8, 4) is 29.5 Å². The fourth-order valence-electron chi connectivity index (χ4n) is 3.87. The number of hydrogen-bond donors (Lipinski definition) is 1. The Kier molecular flexibility index (Phi) is 8.22. The number of unbranched alkanes of at least 4 members (excludes halogenated alkanes) is 1. The predicted octanol–water partition coefficient (Wildman–Crippen LogP) is 5.23. The van der Waals surface area contributed by atoms with Gasteiger partial charge < -0.3 is 19.4 Å². The monoisotopic (exact) mass is 487 g/mol. The molecule has 0 saturated carbocycles. The average molecular weight is 488 g/mol. The van der Waals surface area contributed by atoms with Gasteiger partial charge in [-0.3, -0.25) is 0 Å². The molecule has 3 aromatic rings. The fraction of sp³-hybridized carbons (Fsp3) is 0.400. The first-order chi connectivity index (χ1) is 16.7. The highest BCUT2D eigenvalue weighted by Gasteiger charge is 2.41. The molecule has 0 aliphatic carbocycles. The van der Waals surface area contributed by atoms with E-state index in [0.717, 1.165) is 11.1 Å². The van der Waals surface area contributed by atoms with E-state index in [1.54, 1.807) is 30.6 Å². The van der Waals surface area contributed by atoms with Crippen LogP contribution >= 0.6 is 0 Å². The van der Waals surface area contributed by atoms with Crippen molar-refractivity contribution in [2.75, 3.05) is 13.7 Å². The van der Waals surface area contributed by atoms with Gasteiger partial charge in [-0.15, -0.1) is 12.3 Å². The number of methoxy groups -OCH3 is 1. The van der Waals surface area contributed by atoms with Gasteiger partial charge in [0.25, 0.3) is 5.88 Å². The van der Waals surface area contributed by atoms with Crippen LogP contribution in [0.15, 0.2) is 42.9 Å². The summed E-state index contributed by atoms with van der Waals surface area (Å²) in [6.07, 6.45) is 5.92. The molecule has 0 spiro atoms. The number of terminal acetylenes is 1. The standard InChI is InChI=1S/C25H28F3N5O2/c1-5-7-8-12-21(25(26,27)28)31-24(34)33(6-2)17(3)18-10-9-11-19(15-18)20-16-32-14-13-29-22(32)23(30-20)35-4/h1,9-11,13-17,21H,6-8,12H2,2-4H3,(H,31,34)/t17-,21?/m1/s1. The number of carbonyl (C=O) groups is 1. The third-order valence-electron chi connectivity index (χ3n) is 5.78. The predicted molar refractivity (Wildman–Crippen MR) is 127 cm³/mol. The lowest BCUT2D eigenvalue weighted by Crippen LogP contribution is -2.51. The maximum atomic E-state index is 13.5. The van der Waals surface area contributed by atoms with E-state index in [1.807, 2.05) is 30.5 Å². The fourth-order valence-corrected chi connectivity index (χ4v) is 3.87. The van der Waals surface area contributed by atoms with E-state index in [-0.39, 0.29) is 25.8 Å². The smallest absolute Gasteiger partial charge is 0.408 e. The number of rotatable bonds is 9. The Balaban J connectivity index is 1.83. The lowest BCUT2D eigenvalue weighted by Gasteiger charge is -2.31. The minimum Gasteiger partial charge on any atom is -0.478 e. The van der Waals surface area contributed by atoms with E-state index in [4.69, 9.17) is 11.2 Å². The summed E-state index contributed by atoms with van der Waals surface area (Å²) in [5.41, 5.74) is 2.72. The van der Waals surface area contributed by atoms with Crippen molar-refractivity contribution in [1.82, 2.24) is 24.6 Å². The van der Waals surface area contributed by atoms with Crippen LogP contribution in [-0.4, -0.2) is 51.2 Å². The summed E-state index contributed by atoms with van der Waals surface area (Å²) in [6, 6.07) is 4.13. The highest BCUT2D eigenvalue weighted by molar-refractivity contribution is 5.75. The molecular weight excluding hydrogens is 459 g/mol. The van der Waals surface area contributed by atoms with Gasteiger partial charge in [-0.2, -0.15) is 13.2 Å². The number of hydrogen-bond acceptors (Lipinski definition) is 4. The van der Waals surface area contributed by atoms with Crippen LogP contribution in [0.3, 0.4) is 0 Å². The van der Waals surface area contributed by atoms with Crippen molar-refractivity contribution in [2.24, 2.45) is 0 Å². The van der Waals surface area contributed by atoms with E-state index in [1.165, 1.54) is 12.0 Å². The number of benzene rings is 1. The Morgan fingerprint density at radius 3 is 2.80 bits per heavy atom. The van der Waals surface area contributed by atoms with Gasteiger partial charge in [-0.25, -0.2) is 14.8 Å². The molecule has 0 radical (unpaired) electrons. The minimum atomic E-state index is -4.57. The number of ether oxygens (including phenoxy) is 1. The van der Waals surface area contributed by atoms with Crippen LogP contribution in [0.4, 0.5) is 18.0 Å². The highest BCUT2D eigenvalue weighted by atomic mass is 19.4. The highest BCUT2D eigenvalue weighted by Crippen LogP contribution is 2.29. The topological polar surface area (TPSA) is 71.8 Å². The summed E-state index contributed by atoms with van der Waals surface area (Å²) in [7, 11) is 1.51. The first-order valence-electron chi connectivity index (χ1n) is 11.2. The van der Waals surface area contributed by atoms with E-state index >= 15 is 0 Å². The van der Waals surface area contributed by atoms with Gasteiger partial charge in [0.15, 0.2) is 5.65 Å². The Morgan fingerprint density at radius 2 is 2.14 bits per heavy atom. The second kappa shape index (κ2) is 11.1. The Hall–Kier alpha value is -3.74. The molecule has 2 atom stereocenters. The molecule has 10 heteroatoms. The maximum absolute atomic E-state index is 13.5. The van der Waals surface area contributed by atoms with Crippen LogP contribution in [0.25, 0.3) is 16.9 Å². The van der Waals surface area contributed by atoms with Crippen molar-refractivity contribution in [2.45, 2.75) is 51.4 Å². The first kappa shape index (κ1) is 25.9. The second-order valence-corrected chi connectivity index (χ2v) is 8.02. The zero-order chi connectivity index (χ0) is 25.6. The van der Waals surface area contributed by atoms with Crippen molar-refractivity contribution >= 4 is 11.7 Å². The van der Waals surface area contributed by atoms with E-state index in [0.29, 0.717) is 17.2 Å². The summed E-state index contributed by atoms with van der Waals surface area (Å²) in [4.78, 5) is 23.0. The molecule has 1 N–H and O–H groups in total. The van der Waals surface area contributed by atoms with Crippen LogP contribution < -0.4 is 10.1 Å². The van der Waals surface area contributed by atoms with Crippen molar-refractivity contribution in [3.63, 3.8) is 0 Å². The number of fused-ring (bicyclic) bond motifs is 1. The molecule has 35 heavy (non-hydrogen) atoms. The molecule has 2 amide bonds. The largest absolute Gasteiger partial charge is 0.478 e. The number of alkyl halides is 3. The van der Waals surface area contributed by atoms with Crippen molar-refractivity contribution in [3.05, 3.63) is 48.4 Å². The lowest BCUT2D eigenvalue weighted by atomic mass is 10.0. The molecule has 1 aromatic carbocycles. The van der Waals surface area contributed by atoms with Gasteiger partial charge in [0.2, 0.25) is 0 Å². The molecule has 3 rings (SSSR count). The SMILES string of the molecule is C#CCCCC(NC(=O)N(CC)[C@H](C)c1cccc(-c2cn3ccnc3c(OC)n2)c1)C(F)(F)F. The molecule has 7 nitrogen and oxygen atoms in total. The Labute approximate surface area is 202 Å². The summed E-state index contributed by atoms with van der Waals surface area (Å²) < 4.78 is 47.6. The van der Waals surface area contributed by atoms with Crippen molar-refractivity contribution in [1.29, 1.82) is 0 Å². The molecule has 0 saturated heterocycles.